The van der Waals surface area contributed by atoms with Crippen LogP contribution < -0.4 is 10.3 Å². The molecule has 0 spiro atoms. The maximum absolute atomic E-state index is 13.2. The molecule has 5 nitrogen and oxygen atoms in total. The van der Waals surface area contributed by atoms with Crippen molar-refractivity contribution in [1.29, 1.82) is 0 Å². The van der Waals surface area contributed by atoms with Gasteiger partial charge in [-0.05, 0) is 77.2 Å². The van der Waals surface area contributed by atoms with Crippen LogP contribution in [-0.4, -0.2) is 22.9 Å². The van der Waals surface area contributed by atoms with E-state index in [1.54, 1.807) is 17.9 Å². The largest absolute Gasteiger partial charge is 0.497 e. The molecule has 0 amide bonds. The zero-order valence-electron chi connectivity index (χ0n) is 15.0. The van der Waals surface area contributed by atoms with E-state index < -0.39 is 0 Å². The van der Waals surface area contributed by atoms with Gasteiger partial charge in [-0.25, -0.2) is 4.98 Å². The Morgan fingerprint density at radius 2 is 1.79 bits per heavy atom. The quantitative estimate of drug-likeness (QED) is 0.312. The van der Waals surface area contributed by atoms with E-state index in [0.717, 1.165) is 20.7 Å². The first-order valence-corrected chi connectivity index (χ1v) is 9.69. The zero-order chi connectivity index (χ0) is 19.5. The zero-order valence-corrected chi connectivity index (χ0v) is 17.2. The summed E-state index contributed by atoms with van der Waals surface area (Å²) in [5, 5.41) is 0.581. The number of aliphatic imine (C=N–C) groups is 1. The molecule has 4 rings (SSSR count). The molecule has 0 aliphatic carbocycles. The van der Waals surface area contributed by atoms with Crippen molar-refractivity contribution in [3.05, 3.63) is 92.5 Å². The van der Waals surface area contributed by atoms with Crippen LogP contribution in [0.3, 0.4) is 0 Å². The summed E-state index contributed by atoms with van der Waals surface area (Å²) >= 11 is 2.20. The lowest BCUT2D eigenvalue weighted by atomic mass is 10.2. The van der Waals surface area contributed by atoms with Gasteiger partial charge in [0.25, 0.3) is 5.56 Å². The van der Waals surface area contributed by atoms with Gasteiger partial charge in [-0.1, -0.05) is 18.2 Å². The molecule has 0 unspecified atom stereocenters. The highest BCUT2D eigenvalue weighted by Crippen LogP contribution is 2.19. The number of hydrogen-bond donors (Lipinski definition) is 0. The van der Waals surface area contributed by atoms with Gasteiger partial charge in [-0.15, -0.1) is 0 Å². The molecule has 0 aliphatic heterocycles. The van der Waals surface area contributed by atoms with Crippen LogP contribution in [0.15, 0.2) is 82.6 Å². The summed E-state index contributed by atoms with van der Waals surface area (Å²) in [4.78, 5) is 22.4. The van der Waals surface area contributed by atoms with Gasteiger partial charge in [-0.3, -0.25) is 14.4 Å². The lowest BCUT2D eigenvalue weighted by molar-refractivity contribution is 0.415. The van der Waals surface area contributed by atoms with Crippen LogP contribution in [0.1, 0.15) is 5.82 Å². The average molecular weight is 481 g/mol. The van der Waals surface area contributed by atoms with Crippen LogP contribution >= 0.6 is 22.6 Å². The van der Waals surface area contributed by atoms with Crippen molar-refractivity contribution in [2.75, 3.05) is 7.11 Å². The third-order valence-electron chi connectivity index (χ3n) is 4.27. The number of fused-ring (bicyclic) bond motifs is 1. The fourth-order valence-electron chi connectivity index (χ4n) is 2.89. The lowest BCUT2D eigenvalue weighted by Crippen LogP contribution is -2.23. The van der Waals surface area contributed by atoms with E-state index in [1.165, 1.54) is 0 Å². The van der Waals surface area contributed by atoms with Crippen molar-refractivity contribution in [3.8, 4) is 11.4 Å². The van der Waals surface area contributed by atoms with Gasteiger partial charge >= 0.3 is 0 Å². The number of hydrogen-bond acceptors (Lipinski definition) is 4. The number of para-hydroxylation sites is 1. The van der Waals surface area contributed by atoms with Gasteiger partial charge in [0, 0.05) is 3.57 Å². The Bertz CT molecular complexity index is 1220. The summed E-state index contributed by atoms with van der Waals surface area (Å²) in [6.07, 6.45) is 1.62. The van der Waals surface area contributed by atoms with Crippen molar-refractivity contribution in [1.82, 2.24) is 9.55 Å². The Morgan fingerprint density at radius 3 is 2.50 bits per heavy atom. The van der Waals surface area contributed by atoms with E-state index in [2.05, 4.69) is 32.6 Å². The first kappa shape index (κ1) is 18.4. The van der Waals surface area contributed by atoms with E-state index in [-0.39, 0.29) is 5.56 Å². The molecule has 0 saturated heterocycles. The SMILES string of the molecule is COc1ccc(N=Cc2nc3ccc(I)cc3c(=O)n2-c2ccccc2)cc1. The molecule has 28 heavy (non-hydrogen) atoms. The van der Waals surface area contributed by atoms with Gasteiger partial charge in [0.1, 0.15) is 5.75 Å². The third-order valence-corrected chi connectivity index (χ3v) is 4.94. The first-order chi connectivity index (χ1) is 13.7. The summed E-state index contributed by atoms with van der Waals surface area (Å²) in [6, 6.07) is 22.5. The molecule has 0 radical (unpaired) electrons. The fraction of sp³-hybridized carbons (Fsp3) is 0.0455. The Kier molecular flexibility index (Phi) is 5.21. The second kappa shape index (κ2) is 7.93. The summed E-state index contributed by atoms with van der Waals surface area (Å²) < 4.78 is 7.75. The smallest absolute Gasteiger partial charge is 0.266 e. The van der Waals surface area contributed by atoms with Crippen LogP contribution in [0.5, 0.6) is 5.75 Å². The Labute approximate surface area is 175 Å². The third kappa shape index (κ3) is 3.68. The topological polar surface area (TPSA) is 56.5 Å². The van der Waals surface area contributed by atoms with E-state index in [0.29, 0.717) is 16.7 Å². The molecule has 0 N–H and O–H groups in total. The first-order valence-electron chi connectivity index (χ1n) is 8.61. The van der Waals surface area contributed by atoms with Gasteiger partial charge in [-0.2, -0.15) is 0 Å². The minimum Gasteiger partial charge on any atom is -0.497 e. The lowest BCUT2D eigenvalue weighted by Gasteiger charge is -2.11. The van der Waals surface area contributed by atoms with Crippen molar-refractivity contribution in [2.45, 2.75) is 0 Å². The van der Waals surface area contributed by atoms with Crippen LogP contribution in [0, 0.1) is 3.57 Å². The standard InChI is InChI=1S/C22H16IN3O2/c1-28-18-10-8-16(9-11-18)24-14-21-25-20-12-7-15(23)13-19(20)22(27)26(21)17-5-3-2-4-6-17/h2-14H,1H3. The number of ether oxygens (including phenoxy) is 1. The molecule has 1 aromatic heterocycles. The molecule has 0 saturated carbocycles. The molecule has 0 atom stereocenters. The van der Waals surface area contributed by atoms with Crippen molar-refractivity contribution < 1.29 is 4.74 Å². The minimum atomic E-state index is -0.120. The van der Waals surface area contributed by atoms with E-state index in [1.807, 2.05) is 72.8 Å². The second-order valence-corrected chi connectivity index (χ2v) is 7.31. The molecule has 138 valence electrons. The fourth-order valence-corrected chi connectivity index (χ4v) is 3.38. The maximum Gasteiger partial charge on any atom is 0.266 e. The number of methoxy groups -OCH3 is 1. The molecule has 3 aromatic carbocycles. The summed E-state index contributed by atoms with van der Waals surface area (Å²) in [5.74, 6) is 1.24. The second-order valence-electron chi connectivity index (χ2n) is 6.06. The molecule has 0 aliphatic rings. The van der Waals surface area contributed by atoms with Gasteiger partial charge in [0.2, 0.25) is 0 Å². The molecule has 1 heterocycles. The van der Waals surface area contributed by atoms with Gasteiger partial charge < -0.3 is 4.74 Å². The van der Waals surface area contributed by atoms with Crippen LogP contribution in [-0.2, 0) is 0 Å². The Morgan fingerprint density at radius 1 is 1.04 bits per heavy atom. The van der Waals surface area contributed by atoms with Gasteiger partial charge in [0.05, 0.1) is 35.6 Å². The Hall–Kier alpha value is -3.00. The van der Waals surface area contributed by atoms with Gasteiger partial charge in [0.15, 0.2) is 5.82 Å². The molecule has 0 bridgehead atoms. The monoisotopic (exact) mass is 481 g/mol. The number of benzene rings is 3. The van der Waals surface area contributed by atoms with Crippen molar-refractivity contribution in [2.24, 2.45) is 4.99 Å². The number of aromatic nitrogens is 2. The van der Waals surface area contributed by atoms with Crippen LogP contribution in [0.25, 0.3) is 16.6 Å². The molecule has 6 heteroatoms. The molecular weight excluding hydrogens is 465 g/mol. The Balaban J connectivity index is 1.89. The van der Waals surface area contributed by atoms with Crippen LogP contribution in [0.2, 0.25) is 0 Å². The summed E-state index contributed by atoms with van der Waals surface area (Å²) in [6.45, 7) is 0. The molecule has 0 fully saturated rings. The number of nitrogens with zero attached hydrogens (tertiary/aromatic N) is 3. The van der Waals surface area contributed by atoms with E-state index in [4.69, 9.17) is 4.74 Å². The normalized spacial score (nSPS) is 11.2. The van der Waals surface area contributed by atoms with Crippen molar-refractivity contribution in [3.63, 3.8) is 0 Å². The molecule has 4 aromatic rings. The summed E-state index contributed by atoms with van der Waals surface area (Å²) in [7, 11) is 1.62. The van der Waals surface area contributed by atoms with E-state index >= 15 is 0 Å². The van der Waals surface area contributed by atoms with Crippen molar-refractivity contribution >= 4 is 45.4 Å². The van der Waals surface area contributed by atoms with E-state index in [9.17, 15) is 4.79 Å². The highest BCUT2D eigenvalue weighted by molar-refractivity contribution is 14.1. The molecular formula is C22H16IN3O2. The average Bonchev–Trinajstić information content (AvgIpc) is 2.74. The highest BCUT2D eigenvalue weighted by Gasteiger charge is 2.12. The maximum atomic E-state index is 13.2. The number of halogens is 1. The predicted octanol–water partition coefficient (Wildman–Crippen LogP) is 4.75. The predicted molar refractivity (Wildman–Crippen MR) is 120 cm³/mol. The number of rotatable bonds is 4. The van der Waals surface area contributed by atoms with Crippen LogP contribution in [0.4, 0.5) is 5.69 Å². The highest BCUT2D eigenvalue weighted by atomic mass is 127. The summed E-state index contributed by atoms with van der Waals surface area (Å²) in [5.41, 5.74) is 2.02. The minimum absolute atomic E-state index is 0.120.